The molecule has 1 aliphatic heterocycles. The highest BCUT2D eigenvalue weighted by Crippen LogP contribution is 2.33. The van der Waals surface area contributed by atoms with Crippen molar-refractivity contribution < 1.29 is 9.53 Å². The standard InChI is InChI=1S/C21H23N5O2/c1-2-26-15-10-18(24-26)21(27)25-13-8-16(9-14-25)19-20(23-12-11-22-19)28-17-6-4-3-5-7-17/h3-7,10-12,15-16H,2,8-9,13-14H2,1H3. The van der Waals surface area contributed by atoms with E-state index in [0.29, 0.717) is 24.7 Å². The molecule has 1 fully saturated rings. The van der Waals surface area contributed by atoms with Gasteiger partial charge in [0.1, 0.15) is 17.1 Å². The van der Waals surface area contributed by atoms with Crippen LogP contribution in [0.2, 0.25) is 0 Å². The molecule has 28 heavy (non-hydrogen) atoms. The smallest absolute Gasteiger partial charge is 0.274 e. The predicted molar refractivity (Wildman–Crippen MR) is 104 cm³/mol. The first-order valence-electron chi connectivity index (χ1n) is 9.61. The van der Waals surface area contributed by atoms with E-state index >= 15 is 0 Å². The van der Waals surface area contributed by atoms with Crippen LogP contribution in [0.15, 0.2) is 55.0 Å². The van der Waals surface area contributed by atoms with E-state index in [1.807, 2.05) is 48.4 Å². The van der Waals surface area contributed by atoms with Gasteiger partial charge in [0.15, 0.2) is 0 Å². The molecule has 0 saturated carbocycles. The third-order valence-electron chi connectivity index (χ3n) is 5.00. The lowest BCUT2D eigenvalue weighted by Crippen LogP contribution is -2.38. The summed E-state index contributed by atoms with van der Waals surface area (Å²) in [6.45, 7) is 4.10. The van der Waals surface area contributed by atoms with Gasteiger partial charge in [0.25, 0.3) is 5.91 Å². The summed E-state index contributed by atoms with van der Waals surface area (Å²) < 4.78 is 7.73. The van der Waals surface area contributed by atoms with E-state index in [0.717, 1.165) is 30.8 Å². The zero-order chi connectivity index (χ0) is 19.3. The van der Waals surface area contributed by atoms with Crippen molar-refractivity contribution in [2.45, 2.75) is 32.2 Å². The van der Waals surface area contributed by atoms with Gasteiger partial charge in [-0.15, -0.1) is 0 Å². The highest BCUT2D eigenvalue weighted by Gasteiger charge is 2.28. The lowest BCUT2D eigenvalue weighted by Gasteiger charge is -2.31. The summed E-state index contributed by atoms with van der Waals surface area (Å²) in [5.74, 6) is 1.48. The molecule has 1 aliphatic rings. The van der Waals surface area contributed by atoms with Crippen molar-refractivity contribution in [3.8, 4) is 11.6 Å². The molecule has 0 N–H and O–H groups in total. The van der Waals surface area contributed by atoms with Crippen LogP contribution in [0.1, 0.15) is 41.9 Å². The van der Waals surface area contributed by atoms with Crippen molar-refractivity contribution in [2.24, 2.45) is 0 Å². The number of carbonyl (C=O) groups excluding carboxylic acids is 1. The van der Waals surface area contributed by atoms with Crippen molar-refractivity contribution in [2.75, 3.05) is 13.1 Å². The van der Waals surface area contributed by atoms with Crippen LogP contribution in [0.3, 0.4) is 0 Å². The number of nitrogens with zero attached hydrogens (tertiary/aromatic N) is 5. The third-order valence-corrected chi connectivity index (χ3v) is 5.00. The summed E-state index contributed by atoms with van der Waals surface area (Å²) in [6.07, 6.45) is 6.83. The monoisotopic (exact) mass is 377 g/mol. The molecule has 0 spiro atoms. The second kappa shape index (κ2) is 8.21. The van der Waals surface area contributed by atoms with E-state index < -0.39 is 0 Å². The first kappa shape index (κ1) is 18.2. The first-order chi connectivity index (χ1) is 13.7. The van der Waals surface area contributed by atoms with Crippen molar-refractivity contribution in [1.29, 1.82) is 0 Å². The number of ether oxygens (including phenoxy) is 1. The van der Waals surface area contributed by atoms with Gasteiger partial charge >= 0.3 is 0 Å². The Morgan fingerprint density at radius 1 is 1.11 bits per heavy atom. The van der Waals surface area contributed by atoms with Crippen molar-refractivity contribution in [1.82, 2.24) is 24.6 Å². The molecule has 0 bridgehead atoms. The Hall–Kier alpha value is -3.22. The average Bonchev–Trinajstić information content (AvgIpc) is 3.24. The van der Waals surface area contributed by atoms with E-state index in [-0.39, 0.29) is 11.8 Å². The Morgan fingerprint density at radius 2 is 1.86 bits per heavy atom. The van der Waals surface area contributed by atoms with Crippen LogP contribution in [0.5, 0.6) is 11.6 Å². The maximum absolute atomic E-state index is 12.7. The molecule has 2 aromatic heterocycles. The van der Waals surface area contributed by atoms with Gasteiger partial charge < -0.3 is 9.64 Å². The molecule has 7 nitrogen and oxygen atoms in total. The normalized spacial score (nSPS) is 14.8. The Bertz CT molecular complexity index is 933. The van der Waals surface area contributed by atoms with Crippen LogP contribution in [0, 0.1) is 0 Å². The fourth-order valence-corrected chi connectivity index (χ4v) is 3.46. The third kappa shape index (κ3) is 3.88. The predicted octanol–water partition coefficient (Wildman–Crippen LogP) is 3.51. The molecule has 4 rings (SSSR count). The fourth-order valence-electron chi connectivity index (χ4n) is 3.46. The van der Waals surface area contributed by atoms with E-state index in [4.69, 9.17) is 4.74 Å². The van der Waals surface area contributed by atoms with Crippen LogP contribution in [-0.2, 0) is 6.54 Å². The van der Waals surface area contributed by atoms with Gasteiger partial charge in [-0.05, 0) is 38.0 Å². The largest absolute Gasteiger partial charge is 0.437 e. The van der Waals surface area contributed by atoms with E-state index in [1.54, 1.807) is 23.1 Å². The molecule has 3 aromatic rings. The number of hydrogen-bond acceptors (Lipinski definition) is 5. The second-order valence-electron chi connectivity index (χ2n) is 6.78. The minimum absolute atomic E-state index is 0.00875. The molecule has 1 saturated heterocycles. The van der Waals surface area contributed by atoms with Gasteiger partial charge in [-0.1, -0.05) is 18.2 Å². The van der Waals surface area contributed by atoms with Gasteiger partial charge in [0.05, 0.1) is 0 Å². The topological polar surface area (TPSA) is 73.1 Å². The van der Waals surface area contributed by atoms with E-state index in [2.05, 4.69) is 15.1 Å². The number of piperidine rings is 1. The van der Waals surface area contributed by atoms with Gasteiger partial charge in [0.2, 0.25) is 5.88 Å². The van der Waals surface area contributed by atoms with Crippen LogP contribution in [0.4, 0.5) is 0 Å². The van der Waals surface area contributed by atoms with Gasteiger partial charge in [0, 0.05) is 44.1 Å². The molecular weight excluding hydrogens is 354 g/mol. The van der Waals surface area contributed by atoms with Crippen LogP contribution >= 0.6 is 0 Å². The summed E-state index contributed by atoms with van der Waals surface area (Å²) in [4.78, 5) is 23.5. The molecular formula is C21H23N5O2. The number of benzene rings is 1. The van der Waals surface area contributed by atoms with Crippen LogP contribution in [-0.4, -0.2) is 43.6 Å². The molecule has 0 radical (unpaired) electrons. The summed E-state index contributed by atoms with van der Waals surface area (Å²) in [7, 11) is 0. The number of aryl methyl sites for hydroxylation is 1. The summed E-state index contributed by atoms with van der Waals surface area (Å²) >= 11 is 0. The number of rotatable bonds is 5. The zero-order valence-electron chi connectivity index (χ0n) is 15.9. The number of aromatic nitrogens is 4. The number of amides is 1. The summed E-state index contributed by atoms with van der Waals surface area (Å²) in [5, 5.41) is 4.33. The van der Waals surface area contributed by atoms with E-state index in [9.17, 15) is 4.79 Å². The fraction of sp³-hybridized carbons (Fsp3) is 0.333. The van der Waals surface area contributed by atoms with Crippen LogP contribution < -0.4 is 4.74 Å². The second-order valence-corrected chi connectivity index (χ2v) is 6.78. The molecule has 0 aliphatic carbocycles. The number of likely N-dealkylation sites (tertiary alicyclic amines) is 1. The highest BCUT2D eigenvalue weighted by molar-refractivity contribution is 5.92. The van der Waals surface area contributed by atoms with Crippen molar-refractivity contribution >= 4 is 5.91 Å². The van der Waals surface area contributed by atoms with Gasteiger partial charge in [-0.2, -0.15) is 5.10 Å². The average molecular weight is 377 g/mol. The minimum atomic E-state index is -0.00875. The Labute approximate surface area is 164 Å². The summed E-state index contributed by atoms with van der Waals surface area (Å²) in [5.41, 5.74) is 1.36. The van der Waals surface area contributed by atoms with Crippen molar-refractivity contribution in [3.05, 3.63) is 66.4 Å². The van der Waals surface area contributed by atoms with E-state index in [1.165, 1.54) is 0 Å². The number of para-hydroxylation sites is 1. The molecule has 1 aromatic carbocycles. The Balaban J connectivity index is 1.43. The molecule has 0 atom stereocenters. The SMILES string of the molecule is CCn1ccc(C(=O)N2CCC(c3nccnc3Oc3ccccc3)CC2)n1. The lowest BCUT2D eigenvalue weighted by atomic mass is 9.93. The maximum atomic E-state index is 12.7. The van der Waals surface area contributed by atoms with Gasteiger partial charge in [-0.25, -0.2) is 4.98 Å². The summed E-state index contributed by atoms with van der Waals surface area (Å²) in [6, 6.07) is 11.4. The first-order valence-corrected chi connectivity index (χ1v) is 9.61. The molecule has 0 unspecified atom stereocenters. The van der Waals surface area contributed by atoms with Crippen molar-refractivity contribution in [3.63, 3.8) is 0 Å². The highest BCUT2D eigenvalue weighted by atomic mass is 16.5. The van der Waals surface area contributed by atoms with Crippen LogP contribution in [0.25, 0.3) is 0 Å². The molecule has 7 heteroatoms. The lowest BCUT2D eigenvalue weighted by molar-refractivity contribution is 0.0704. The zero-order valence-corrected chi connectivity index (χ0v) is 15.9. The van der Waals surface area contributed by atoms with Gasteiger partial charge in [-0.3, -0.25) is 14.5 Å². The quantitative estimate of drug-likeness (QED) is 0.680. The molecule has 3 heterocycles. The molecule has 144 valence electrons. The number of hydrogen-bond donors (Lipinski definition) is 0. The Kier molecular flexibility index (Phi) is 5.32. The maximum Gasteiger partial charge on any atom is 0.274 e. The Morgan fingerprint density at radius 3 is 2.57 bits per heavy atom. The minimum Gasteiger partial charge on any atom is -0.437 e. The number of carbonyl (C=O) groups is 1. The molecule has 1 amide bonds.